The molecule has 0 aliphatic heterocycles. The van der Waals surface area contributed by atoms with Crippen LogP contribution in [0.5, 0.6) is 0 Å². The molecule has 2 heterocycles. The minimum absolute atomic E-state index is 0.353. The molecule has 9 heteroatoms. The summed E-state index contributed by atoms with van der Waals surface area (Å²) >= 11 is 0. The Kier molecular flexibility index (Phi) is 11.7. The van der Waals surface area contributed by atoms with E-state index < -0.39 is 5.69 Å². The molecule has 0 spiro atoms. The Morgan fingerprint density at radius 1 is 0.875 bits per heavy atom. The number of nitrogens with zero attached hydrogens (tertiary/aromatic N) is 6. The Balaban J connectivity index is 1.49. The summed E-state index contributed by atoms with van der Waals surface area (Å²) in [5.74, 6) is 0.778. The molecular formula is C23H39N7O2. The number of azide groups is 1. The molecule has 0 atom stereocenters. The van der Waals surface area contributed by atoms with Gasteiger partial charge in [0.2, 0.25) is 0 Å². The number of aromatic nitrogens is 4. The minimum Gasteiger partial charge on any atom is -0.322 e. The van der Waals surface area contributed by atoms with E-state index in [0.717, 1.165) is 31.6 Å². The van der Waals surface area contributed by atoms with E-state index >= 15 is 0 Å². The third-order valence-corrected chi connectivity index (χ3v) is 6.15. The van der Waals surface area contributed by atoms with Crippen molar-refractivity contribution in [3.05, 3.63) is 37.1 Å². The van der Waals surface area contributed by atoms with Gasteiger partial charge in [-0.25, -0.2) is 9.78 Å². The van der Waals surface area contributed by atoms with Crippen LogP contribution in [0.15, 0.2) is 14.7 Å². The van der Waals surface area contributed by atoms with Crippen LogP contribution in [0, 0.1) is 6.92 Å². The summed E-state index contributed by atoms with van der Waals surface area (Å²) < 4.78 is 3.34. The molecule has 178 valence electrons. The third kappa shape index (κ3) is 8.19. The summed E-state index contributed by atoms with van der Waals surface area (Å²) in [5.41, 5.74) is 8.40. The molecule has 0 radical (unpaired) electrons. The van der Waals surface area contributed by atoms with Crippen molar-refractivity contribution >= 4 is 11.2 Å². The fourth-order valence-electron chi connectivity index (χ4n) is 4.24. The quantitative estimate of drug-likeness (QED) is 0.150. The predicted octanol–water partition coefficient (Wildman–Crippen LogP) is 5.50. The summed E-state index contributed by atoms with van der Waals surface area (Å²) in [4.78, 5) is 33.5. The molecule has 2 aromatic rings. The van der Waals surface area contributed by atoms with Crippen LogP contribution in [-0.2, 0) is 13.6 Å². The number of hydrogen-bond acceptors (Lipinski definition) is 4. The van der Waals surface area contributed by atoms with Gasteiger partial charge in [-0.3, -0.25) is 14.3 Å². The molecule has 0 fully saturated rings. The lowest BCUT2D eigenvalue weighted by atomic mass is 10.0. The number of aryl methyl sites for hydroxylation is 3. The maximum atomic E-state index is 12.2. The Hall–Kier alpha value is -2.54. The van der Waals surface area contributed by atoms with E-state index in [4.69, 9.17) is 5.53 Å². The Labute approximate surface area is 189 Å². The fourth-order valence-corrected chi connectivity index (χ4v) is 4.24. The molecule has 0 saturated carbocycles. The summed E-state index contributed by atoms with van der Waals surface area (Å²) in [7, 11) is 1.63. The molecule has 2 rings (SSSR count). The number of H-pyrrole nitrogens is 1. The third-order valence-electron chi connectivity index (χ3n) is 6.15. The first-order valence-electron chi connectivity index (χ1n) is 12.2. The summed E-state index contributed by atoms with van der Waals surface area (Å²) in [6, 6.07) is 0. The zero-order chi connectivity index (χ0) is 23.2. The molecule has 9 nitrogen and oxygen atoms in total. The van der Waals surface area contributed by atoms with Crippen molar-refractivity contribution in [2.75, 3.05) is 6.54 Å². The lowest BCUT2D eigenvalue weighted by Crippen LogP contribution is -2.29. The second kappa shape index (κ2) is 14.5. The lowest BCUT2D eigenvalue weighted by molar-refractivity contribution is 0.523. The van der Waals surface area contributed by atoms with Gasteiger partial charge in [0.05, 0.1) is 0 Å². The molecule has 0 aliphatic carbocycles. The number of imidazole rings is 1. The lowest BCUT2D eigenvalue weighted by Gasteiger charge is -2.07. The summed E-state index contributed by atoms with van der Waals surface area (Å²) in [6.07, 6.45) is 17.3. The van der Waals surface area contributed by atoms with Crippen molar-refractivity contribution in [3.8, 4) is 0 Å². The van der Waals surface area contributed by atoms with Gasteiger partial charge < -0.3 is 4.57 Å². The first-order valence-corrected chi connectivity index (χ1v) is 12.2. The Morgan fingerprint density at radius 3 is 1.91 bits per heavy atom. The van der Waals surface area contributed by atoms with E-state index in [-0.39, 0.29) is 5.56 Å². The number of nitrogens with one attached hydrogen (secondary N) is 1. The monoisotopic (exact) mass is 445 g/mol. The van der Waals surface area contributed by atoms with Gasteiger partial charge >= 0.3 is 5.69 Å². The van der Waals surface area contributed by atoms with Crippen LogP contribution >= 0.6 is 0 Å². The van der Waals surface area contributed by atoms with E-state index in [0.29, 0.717) is 17.7 Å². The van der Waals surface area contributed by atoms with Crippen molar-refractivity contribution in [3.63, 3.8) is 0 Å². The van der Waals surface area contributed by atoms with Gasteiger partial charge in [-0.1, -0.05) is 82.2 Å². The highest BCUT2D eigenvalue weighted by atomic mass is 16.2. The second-order valence-corrected chi connectivity index (χ2v) is 8.71. The molecule has 0 amide bonds. The largest absolute Gasteiger partial charge is 0.329 e. The Morgan fingerprint density at radius 2 is 1.38 bits per heavy atom. The Bertz CT molecular complexity index is 983. The van der Waals surface area contributed by atoms with Gasteiger partial charge in [0.15, 0.2) is 11.2 Å². The molecule has 0 bridgehead atoms. The van der Waals surface area contributed by atoms with E-state index in [1.807, 2.05) is 11.5 Å². The molecule has 0 saturated heterocycles. The average Bonchev–Trinajstić information content (AvgIpc) is 3.11. The number of aromatic amines is 1. The van der Waals surface area contributed by atoms with Crippen molar-refractivity contribution in [1.82, 2.24) is 19.1 Å². The summed E-state index contributed by atoms with van der Waals surface area (Å²) in [6.45, 7) is 3.28. The van der Waals surface area contributed by atoms with Crippen LogP contribution < -0.4 is 11.2 Å². The standard InChI is InChI=1S/C23H39N7O2/c1-19-26-21-20(22(31)27-23(32)29(21)2)30(19)18-16-14-12-10-8-6-4-3-5-7-9-11-13-15-17-25-28-24/h3-18H2,1-2H3,(H,27,31,32). The van der Waals surface area contributed by atoms with Crippen LogP contribution in [0.4, 0.5) is 0 Å². The van der Waals surface area contributed by atoms with E-state index in [9.17, 15) is 9.59 Å². The van der Waals surface area contributed by atoms with Crippen molar-refractivity contribution < 1.29 is 0 Å². The SMILES string of the molecule is Cc1nc2c(c(=O)[nH]c(=O)n2C)n1CCCCCCCCCCCCCCCCN=[N+]=[N-]. The molecule has 0 aromatic carbocycles. The zero-order valence-electron chi connectivity index (χ0n) is 19.8. The van der Waals surface area contributed by atoms with E-state index in [1.54, 1.807) is 7.05 Å². The predicted molar refractivity (Wildman–Crippen MR) is 129 cm³/mol. The highest BCUT2D eigenvalue weighted by molar-refractivity contribution is 5.70. The molecule has 0 unspecified atom stereocenters. The van der Waals surface area contributed by atoms with E-state index in [1.165, 1.54) is 75.2 Å². The van der Waals surface area contributed by atoms with Gasteiger partial charge in [0, 0.05) is 25.0 Å². The summed E-state index contributed by atoms with van der Waals surface area (Å²) in [5, 5.41) is 3.56. The highest BCUT2D eigenvalue weighted by Gasteiger charge is 2.14. The van der Waals surface area contributed by atoms with Crippen molar-refractivity contribution in [2.24, 2.45) is 12.2 Å². The van der Waals surface area contributed by atoms with Crippen LogP contribution in [0.3, 0.4) is 0 Å². The topological polar surface area (TPSA) is 121 Å². The average molecular weight is 446 g/mol. The fraction of sp³-hybridized carbons (Fsp3) is 0.783. The first-order chi connectivity index (χ1) is 15.6. The van der Waals surface area contributed by atoms with Crippen molar-refractivity contribution in [1.29, 1.82) is 0 Å². The highest BCUT2D eigenvalue weighted by Crippen LogP contribution is 2.15. The minimum atomic E-state index is -0.425. The van der Waals surface area contributed by atoms with Gasteiger partial charge in [-0.2, -0.15) is 0 Å². The molecule has 0 aliphatic rings. The van der Waals surface area contributed by atoms with Crippen molar-refractivity contribution in [2.45, 2.75) is 103 Å². The number of rotatable bonds is 17. The molecule has 32 heavy (non-hydrogen) atoms. The van der Waals surface area contributed by atoms with Gasteiger partial charge in [0.1, 0.15) is 5.82 Å². The van der Waals surface area contributed by atoms with Gasteiger partial charge in [0.25, 0.3) is 5.56 Å². The second-order valence-electron chi connectivity index (χ2n) is 8.71. The maximum Gasteiger partial charge on any atom is 0.329 e. The van der Waals surface area contributed by atoms with Gasteiger partial charge in [-0.05, 0) is 25.3 Å². The molecule has 2 aromatic heterocycles. The van der Waals surface area contributed by atoms with Gasteiger partial charge in [-0.15, -0.1) is 0 Å². The first kappa shape index (κ1) is 25.7. The van der Waals surface area contributed by atoms with Crippen LogP contribution in [0.2, 0.25) is 0 Å². The number of unbranched alkanes of at least 4 members (excludes halogenated alkanes) is 13. The maximum absolute atomic E-state index is 12.2. The molecular weight excluding hydrogens is 406 g/mol. The smallest absolute Gasteiger partial charge is 0.322 e. The zero-order valence-corrected chi connectivity index (χ0v) is 19.8. The van der Waals surface area contributed by atoms with Crippen LogP contribution in [0.1, 0.15) is 95.7 Å². The normalized spacial score (nSPS) is 11.2. The van der Waals surface area contributed by atoms with Crippen LogP contribution in [0.25, 0.3) is 21.6 Å². The molecule has 1 N–H and O–H groups in total. The number of fused-ring (bicyclic) bond motifs is 1. The number of hydrogen-bond donors (Lipinski definition) is 1. The van der Waals surface area contributed by atoms with Crippen LogP contribution in [-0.4, -0.2) is 25.6 Å². The van der Waals surface area contributed by atoms with E-state index in [2.05, 4.69) is 20.0 Å².